The zero-order chi connectivity index (χ0) is 11.7. The predicted octanol–water partition coefficient (Wildman–Crippen LogP) is 0.990. The van der Waals surface area contributed by atoms with Crippen LogP contribution in [0.5, 0.6) is 0 Å². The minimum Gasteiger partial charge on any atom is -0.381 e. The fourth-order valence-corrected chi connectivity index (χ4v) is 2.10. The average molecular weight is 232 g/mol. The zero-order valence-corrected chi connectivity index (χ0v) is 9.24. The molecule has 88 valence electrons. The van der Waals surface area contributed by atoms with Crippen LogP contribution in [0, 0.1) is 0 Å². The van der Waals surface area contributed by atoms with E-state index >= 15 is 0 Å². The smallest absolute Gasteiger partial charge is 0.194 e. The van der Waals surface area contributed by atoms with Crippen molar-refractivity contribution in [2.75, 3.05) is 13.2 Å². The monoisotopic (exact) mass is 232 g/mol. The van der Waals surface area contributed by atoms with Gasteiger partial charge in [-0.25, -0.2) is 14.6 Å². The summed E-state index contributed by atoms with van der Waals surface area (Å²) in [5, 5.41) is 5.20. The van der Waals surface area contributed by atoms with Crippen LogP contribution in [0.15, 0.2) is 12.4 Å². The molecule has 1 fully saturated rings. The molecular formula is C11H12N4O2. The number of fused-ring (bicyclic) bond motifs is 1. The van der Waals surface area contributed by atoms with Crippen molar-refractivity contribution in [3.05, 3.63) is 18.2 Å². The van der Waals surface area contributed by atoms with E-state index in [-0.39, 0.29) is 5.82 Å². The average Bonchev–Trinajstić information content (AvgIpc) is 2.82. The van der Waals surface area contributed by atoms with Gasteiger partial charge in [0.15, 0.2) is 17.8 Å². The van der Waals surface area contributed by atoms with Gasteiger partial charge in [-0.05, 0) is 12.8 Å². The van der Waals surface area contributed by atoms with Crippen LogP contribution in [0.3, 0.4) is 0 Å². The molecule has 1 aliphatic heterocycles. The van der Waals surface area contributed by atoms with E-state index in [1.165, 1.54) is 0 Å². The Morgan fingerprint density at radius 2 is 2.18 bits per heavy atom. The molecule has 0 saturated carbocycles. The maximum Gasteiger partial charge on any atom is 0.194 e. The molecule has 6 nitrogen and oxygen atoms in total. The first-order chi connectivity index (χ1) is 8.38. The maximum absolute atomic E-state index is 10.7. The van der Waals surface area contributed by atoms with Gasteiger partial charge in [0.2, 0.25) is 0 Å². The first-order valence-corrected chi connectivity index (χ1v) is 5.61. The Morgan fingerprint density at radius 1 is 1.35 bits per heavy atom. The second kappa shape index (κ2) is 4.21. The Balaban J connectivity index is 2.05. The number of ether oxygens (including phenoxy) is 1. The Hall–Kier alpha value is -1.82. The lowest BCUT2D eigenvalue weighted by Gasteiger charge is -2.22. The standard InChI is InChI=1S/C11H12N4O2/c16-7-10-12-5-8-6-13-15(11(8)14-10)9-1-3-17-4-2-9/h5-7,9H,1-4H2. The molecule has 0 aliphatic carbocycles. The van der Waals surface area contributed by atoms with Gasteiger partial charge in [0.1, 0.15) is 0 Å². The van der Waals surface area contributed by atoms with Crippen molar-refractivity contribution >= 4 is 17.3 Å². The van der Waals surface area contributed by atoms with Gasteiger partial charge in [0, 0.05) is 19.4 Å². The minimum absolute atomic E-state index is 0.200. The molecule has 3 heterocycles. The highest BCUT2D eigenvalue weighted by atomic mass is 16.5. The Bertz CT molecular complexity index is 545. The second-order valence-corrected chi connectivity index (χ2v) is 4.06. The van der Waals surface area contributed by atoms with Gasteiger partial charge in [-0.2, -0.15) is 5.10 Å². The molecule has 0 spiro atoms. The number of carbonyl (C=O) groups is 1. The van der Waals surface area contributed by atoms with Crippen LogP contribution in [-0.2, 0) is 4.74 Å². The Kier molecular flexibility index (Phi) is 2.56. The Morgan fingerprint density at radius 3 is 2.94 bits per heavy atom. The molecule has 0 unspecified atom stereocenters. The number of hydrogen-bond donors (Lipinski definition) is 0. The van der Waals surface area contributed by atoms with Crippen LogP contribution in [0.4, 0.5) is 0 Å². The largest absolute Gasteiger partial charge is 0.381 e. The zero-order valence-electron chi connectivity index (χ0n) is 9.24. The molecule has 0 aromatic carbocycles. The molecule has 1 aliphatic rings. The van der Waals surface area contributed by atoms with Crippen molar-refractivity contribution in [1.82, 2.24) is 19.7 Å². The van der Waals surface area contributed by atoms with Crippen LogP contribution in [0.2, 0.25) is 0 Å². The van der Waals surface area contributed by atoms with Gasteiger partial charge in [0.25, 0.3) is 0 Å². The summed E-state index contributed by atoms with van der Waals surface area (Å²) in [5.74, 6) is 0.200. The van der Waals surface area contributed by atoms with Crippen molar-refractivity contribution in [2.24, 2.45) is 0 Å². The first-order valence-electron chi connectivity index (χ1n) is 5.61. The van der Waals surface area contributed by atoms with Crippen LogP contribution < -0.4 is 0 Å². The van der Waals surface area contributed by atoms with E-state index in [0.717, 1.165) is 37.1 Å². The van der Waals surface area contributed by atoms with E-state index in [4.69, 9.17) is 4.74 Å². The van der Waals surface area contributed by atoms with E-state index in [0.29, 0.717) is 12.3 Å². The van der Waals surface area contributed by atoms with E-state index in [1.54, 1.807) is 12.4 Å². The van der Waals surface area contributed by atoms with Crippen molar-refractivity contribution in [2.45, 2.75) is 18.9 Å². The summed E-state index contributed by atoms with van der Waals surface area (Å²) in [7, 11) is 0. The third-order valence-corrected chi connectivity index (χ3v) is 2.99. The molecule has 0 atom stereocenters. The summed E-state index contributed by atoms with van der Waals surface area (Å²) >= 11 is 0. The number of carbonyl (C=O) groups excluding carboxylic acids is 1. The molecule has 0 N–H and O–H groups in total. The summed E-state index contributed by atoms with van der Waals surface area (Å²) in [6, 6.07) is 0.302. The highest BCUT2D eigenvalue weighted by molar-refractivity contribution is 5.78. The summed E-state index contributed by atoms with van der Waals surface area (Å²) < 4.78 is 7.21. The summed E-state index contributed by atoms with van der Waals surface area (Å²) in [5.41, 5.74) is 0.731. The normalized spacial score (nSPS) is 17.4. The molecule has 1 saturated heterocycles. The first kappa shape index (κ1) is 10.3. The maximum atomic E-state index is 10.7. The number of rotatable bonds is 2. The lowest BCUT2D eigenvalue weighted by molar-refractivity contribution is 0.0673. The fourth-order valence-electron chi connectivity index (χ4n) is 2.10. The molecule has 0 bridgehead atoms. The van der Waals surface area contributed by atoms with Crippen molar-refractivity contribution in [1.29, 1.82) is 0 Å². The SMILES string of the molecule is O=Cc1ncc2cnn(C3CCOCC3)c2n1. The predicted molar refractivity (Wildman–Crippen MR) is 59.8 cm³/mol. The molecule has 2 aromatic heterocycles. The van der Waals surface area contributed by atoms with Crippen LogP contribution in [-0.4, -0.2) is 39.2 Å². The van der Waals surface area contributed by atoms with Crippen LogP contribution in [0.1, 0.15) is 29.5 Å². The van der Waals surface area contributed by atoms with Gasteiger partial charge in [-0.3, -0.25) is 4.79 Å². The van der Waals surface area contributed by atoms with Crippen molar-refractivity contribution in [3.8, 4) is 0 Å². The highest BCUT2D eigenvalue weighted by Gasteiger charge is 2.19. The topological polar surface area (TPSA) is 69.9 Å². The van der Waals surface area contributed by atoms with E-state index in [1.807, 2.05) is 4.68 Å². The third kappa shape index (κ3) is 1.80. The fraction of sp³-hybridized carbons (Fsp3) is 0.455. The quantitative estimate of drug-likeness (QED) is 0.722. The van der Waals surface area contributed by atoms with Gasteiger partial charge in [-0.15, -0.1) is 0 Å². The second-order valence-electron chi connectivity index (χ2n) is 4.06. The summed E-state index contributed by atoms with van der Waals surface area (Å²) in [4.78, 5) is 18.8. The van der Waals surface area contributed by atoms with Gasteiger partial charge < -0.3 is 4.74 Å². The summed E-state index contributed by atoms with van der Waals surface area (Å²) in [6.45, 7) is 1.50. The molecule has 6 heteroatoms. The molecule has 0 radical (unpaired) electrons. The minimum atomic E-state index is 0.200. The number of hydrogen-bond acceptors (Lipinski definition) is 5. The van der Waals surface area contributed by atoms with Crippen molar-refractivity contribution in [3.63, 3.8) is 0 Å². The van der Waals surface area contributed by atoms with Gasteiger partial charge in [-0.1, -0.05) is 0 Å². The van der Waals surface area contributed by atoms with Gasteiger partial charge >= 0.3 is 0 Å². The van der Waals surface area contributed by atoms with Crippen molar-refractivity contribution < 1.29 is 9.53 Å². The van der Waals surface area contributed by atoms with E-state index < -0.39 is 0 Å². The lowest BCUT2D eigenvalue weighted by atomic mass is 10.1. The molecule has 17 heavy (non-hydrogen) atoms. The van der Waals surface area contributed by atoms with Crippen LogP contribution in [0.25, 0.3) is 11.0 Å². The molecular weight excluding hydrogens is 220 g/mol. The highest BCUT2D eigenvalue weighted by Crippen LogP contribution is 2.23. The summed E-state index contributed by atoms with van der Waals surface area (Å²) in [6.07, 6.45) is 5.88. The lowest BCUT2D eigenvalue weighted by Crippen LogP contribution is -2.20. The van der Waals surface area contributed by atoms with Gasteiger partial charge in [0.05, 0.1) is 17.6 Å². The number of aromatic nitrogens is 4. The Labute approximate surface area is 97.6 Å². The third-order valence-electron chi connectivity index (χ3n) is 2.99. The number of aldehydes is 1. The van der Waals surface area contributed by atoms with E-state index in [9.17, 15) is 4.79 Å². The molecule has 0 amide bonds. The molecule has 2 aromatic rings. The number of nitrogens with zero attached hydrogens (tertiary/aromatic N) is 4. The molecule has 3 rings (SSSR count). The van der Waals surface area contributed by atoms with E-state index in [2.05, 4.69) is 15.1 Å². The van der Waals surface area contributed by atoms with Crippen LogP contribution >= 0.6 is 0 Å².